The van der Waals surface area contributed by atoms with Gasteiger partial charge in [0.2, 0.25) is 0 Å². The molecule has 0 heterocycles. The van der Waals surface area contributed by atoms with Gasteiger partial charge in [0.05, 0.1) is 6.10 Å². The number of rotatable bonds is 4. The fourth-order valence-electron chi connectivity index (χ4n) is 0.441. The third-order valence-corrected chi connectivity index (χ3v) is 1.69. The third-order valence-electron chi connectivity index (χ3n) is 0.833. The minimum atomic E-state index is -4.31. The highest BCUT2D eigenvalue weighted by molar-refractivity contribution is 7.46. The first-order valence-electron chi connectivity index (χ1n) is 2.75. The quantitative estimate of drug-likeness (QED) is 0.512. The second kappa shape index (κ2) is 4.31. The molecule has 1 atom stereocenters. The minimum Gasteiger partial charge on any atom is -0.303 e. The highest BCUT2D eigenvalue weighted by atomic mass is 35.5. The van der Waals surface area contributed by atoms with E-state index in [1.807, 2.05) is 0 Å². The Labute approximate surface area is 64.4 Å². The van der Waals surface area contributed by atoms with E-state index in [0.29, 0.717) is 12.3 Å². The Balaban J connectivity index is 3.58. The van der Waals surface area contributed by atoms with Crippen LogP contribution in [0.25, 0.3) is 0 Å². The molecule has 1 unspecified atom stereocenters. The summed E-state index contributed by atoms with van der Waals surface area (Å²) < 4.78 is 14.4. The molecular weight excluding hydrogens is 178 g/mol. The standard InChI is InChI=1S/C4H10ClO4P/c1-4(2-3-5)9-10(6,7)8/h4H,2-3H2,1H3,(H2,6,7,8). The van der Waals surface area contributed by atoms with Gasteiger partial charge >= 0.3 is 7.82 Å². The van der Waals surface area contributed by atoms with Gasteiger partial charge in [-0.15, -0.1) is 11.6 Å². The van der Waals surface area contributed by atoms with E-state index in [2.05, 4.69) is 4.52 Å². The number of phosphoric acid groups is 1. The predicted octanol–water partition coefficient (Wildman–Crippen LogP) is 1.11. The van der Waals surface area contributed by atoms with Crippen LogP contribution < -0.4 is 0 Å². The Bertz CT molecular complexity index is 133. The monoisotopic (exact) mass is 188 g/mol. The van der Waals surface area contributed by atoms with Gasteiger partial charge in [-0.25, -0.2) is 4.57 Å². The van der Waals surface area contributed by atoms with E-state index < -0.39 is 13.9 Å². The van der Waals surface area contributed by atoms with Crippen molar-refractivity contribution in [1.29, 1.82) is 0 Å². The second-order valence-electron chi connectivity index (χ2n) is 1.88. The van der Waals surface area contributed by atoms with Crippen molar-refractivity contribution in [2.75, 3.05) is 5.88 Å². The molecule has 0 fully saturated rings. The average Bonchev–Trinajstić information content (AvgIpc) is 1.59. The van der Waals surface area contributed by atoms with Crippen molar-refractivity contribution >= 4 is 19.4 Å². The van der Waals surface area contributed by atoms with Crippen LogP contribution in [0.2, 0.25) is 0 Å². The molecule has 0 rings (SSSR count). The van der Waals surface area contributed by atoms with Gasteiger partial charge in [-0.1, -0.05) is 0 Å². The van der Waals surface area contributed by atoms with E-state index in [-0.39, 0.29) is 0 Å². The van der Waals surface area contributed by atoms with E-state index in [9.17, 15) is 4.57 Å². The van der Waals surface area contributed by atoms with Crippen LogP contribution in [-0.2, 0) is 9.09 Å². The van der Waals surface area contributed by atoms with Crippen molar-refractivity contribution in [3.63, 3.8) is 0 Å². The fraction of sp³-hybridized carbons (Fsp3) is 1.00. The molecule has 0 aliphatic rings. The van der Waals surface area contributed by atoms with Crippen LogP contribution in [-0.4, -0.2) is 21.8 Å². The molecule has 0 radical (unpaired) electrons. The van der Waals surface area contributed by atoms with Gasteiger partial charge in [-0.3, -0.25) is 4.52 Å². The van der Waals surface area contributed by atoms with Crippen molar-refractivity contribution < 1.29 is 18.9 Å². The average molecular weight is 189 g/mol. The molecule has 2 N–H and O–H groups in total. The normalized spacial score (nSPS) is 15.2. The van der Waals surface area contributed by atoms with Crippen LogP contribution in [0.1, 0.15) is 13.3 Å². The molecule has 62 valence electrons. The van der Waals surface area contributed by atoms with E-state index >= 15 is 0 Å². The molecule has 0 aromatic carbocycles. The topological polar surface area (TPSA) is 66.8 Å². The van der Waals surface area contributed by atoms with Gasteiger partial charge in [0.1, 0.15) is 0 Å². The summed E-state index contributed by atoms with van der Waals surface area (Å²) >= 11 is 5.29. The summed E-state index contributed by atoms with van der Waals surface area (Å²) in [5.41, 5.74) is 0. The van der Waals surface area contributed by atoms with Gasteiger partial charge in [-0.2, -0.15) is 0 Å². The lowest BCUT2D eigenvalue weighted by Gasteiger charge is -2.10. The first-order chi connectivity index (χ1) is 4.45. The van der Waals surface area contributed by atoms with Crippen LogP contribution in [0.3, 0.4) is 0 Å². The Hall–Kier alpha value is 0.400. The van der Waals surface area contributed by atoms with Crippen molar-refractivity contribution in [3.8, 4) is 0 Å². The van der Waals surface area contributed by atoms with E-state index in [4.69, 9.17) is 21.4 Å². The molecule has 0 aliphatic carbocycles. The summed E-state index contributed by atoms with van der Waals surface area (Å²) in [6.45, 7) is 1.56. The lowest BCUT2D eigenvalue weighted by atomic mass is 10.3. The van der Waals surface area contributed by atoms with Crippen LogP contribution in [0, 0.1) is 0 Å². The van der Waals surface area contributed by atoms with Crippen molar-refractivity contribution in [2.45, 2.75) is 19.4 Å². The number of phosphoric ester groups is 1. The van der Waals surface area contributed by atoms with Gasteiger partial charge in [-0.05, 0) is 13.3 Å². The van der Waals surface area contributed by atoms with Gasteiger partial charge in [0.25, 0.3) is 0 Å². The molecule has 0 aromatic rings. The van der Waals surface area contributed by atoms with Crippen LogP contribution in [0.4, 0.5) is 0 Å². The second-order valence-corrected chi connectivity index (χ2v) is 3.45. The van der Waals surface area contributed by atoms with Crippen LogP contribution in [0.15, 0.2) is 0 Å². The molecule has 0 bridgehead atoms. The maximum Gasteiger partial charge on any atom is 0.469 e. The Morgan fingerprint density at radius 1 is 1.70 bits per heavy atom. The lowest BCUT2D eigenvalue weighted by molar-refractivity contribution is 0.143. The molecule has 10 heavy (non-hydrogen) atoms. The number of halogens is 1. The van der Waals surface area contributed by atoms with Gasteiger partial charge in [0, 0.05) is 5.88 Å². The van der Waals surface area contributed by atoms with E-state index in [1.165, 1.54) is 0 Å². The largest absolute Gasteiger partial charge is 0.469 e. The fourth-order valence-corrected chi connectivity index (χ4v) is 1.32. The molecule has 4 nitrogen and oxygen atoms in total. The molecule has 6 heteroatoms. The molecule has 0 spiro atoms. The molecule has 0 saturated heterocycles. The van der Waals surface area contributed by atoms with Gasteiger partial charge < -0.3 is 9.79 Å². The summed E-state index contributed by atoms with van der Waals surface area (Å²) in [4.78, 5) is 16.5. The third kappa shape index (κ3) is 6.52. The highest BCUT2D eigenvalue weighted by Gasteiger charge is 2.17. The zero-order valence-corrected chi connectivity index (χ0v) is 7.18. The zero-order valence-electron chi connectivity index (χ0n) is 5.53. The highest BCUT2D eigenvalue weighted by Crippen LogP contribution is 2.37. The zero-order chi connectivity index (χ0) is 8.20. The van der Waals surface area contributed by atoms with Crippen molar-refractivity contribution in [3.05, 3.63) is 0 Å². The maximum atomic E-state index is 10.1. The summed E-state index contributed by atoms with van der Waals surface area (Å²) in [7, 11) is -4.31. The SMILES string of the molecule is CC(CCCl)OP(=O)(O)O. The Morgan fingerprint density at radius 2 is 2.20 bits per heavy atom. The first kappa shape index (κ1) is 10.4. The van der Waals surface area contributed by atoms with Crippen LogP contribution >= 0.6 is 19.4 Å². The molecule has 0 aromatic heterocycles. The predicted molar refractivity (Wildman–Crippen MR) is 37.9 cm³/mol. The van der Waals surface area contributed by atoms with Crippen LogP contribution in [0.5, 0.6) is 0 Å². The summed E-state index contributed by atoms with van der Waals surface area (Å²) in [5, 5.41) is 0. The number of alkyl halides is 1. The van der Waals surface area contributed by atoms with E-state index in [1.54, 1.807) is 6.92 Å². The number of hydrogen-bond acceptors (Lipinski definition) is 2. The van der Waals surface area contributed by atoms with Gasteiger partial charge in [0.15, 0.2) is 0 Å². The Kier molecular flexibility index (Phi) is 4.49. The van der Waals surface area contributed by atoms with E-state index in [0.717, 1.165) is 0 Å². The van der Waals surface area contributed by atoms with Crippen molar-refractivity contribution in [1.82, 2.24) is 0 Å². The lowest BCUT2D eigenvalue weighted by Crippen LogP contribution is -2.06. The Morgan fingerprint density at radius 3 is 2.50 bits per heavy atom. The molecule has 0 saturated carbocycles. The maximum absolute atomic E-state index is 10.1. The summed E-state index contributed by atoms with van der Waals surface area (Å²) in [5.74, 6) is 0.334. The number of hydrogen-bond donors (Lipinski definition) is 2. The summed E-state index contributed by atoms with van der Waals surface area (Å²) in [6.07, 6.45) is -0.0505. The smallest absolute Gasteiger partial charge is 0.303 e. The van der Waals surface area contributed by atoms with Crippen molar-refractivity contribution in [2.24, 2.45) is 0 Å². The molecule has 0 aliphatic heterocycles. The first-order valence-corrected chi connectivity index (χ1v) is 4.82. The molecule has 0 amide bonds. The minimum absolute atomic E-state index is 0.334. The summed E-state index contributed by atoms with van der Waals surface area (Å²) in [6, 6.07) is 0. The molecular formula is C4H10ClO4P.